The van der Waals surface area contributed by atoms with Gasteiger partial charge in [-0.1, -0.05) is 13.8 Å². The van der Waals surface area contributed by atoms with Crippen molar-refractivity contribution in [2.75, 3.05) is 13.2 Å². The van der Waals surface area contributed by atoms with E-state index in [4.69, 9.17) is 10.5 Å². The van der Waals surface area contributed by atoms with Gasteiger partial charge in [0.15, 0.2) is 0 Å². The molecule has 1 aromatic rings. The monoisotopic (exact) mass is 236 g/mol. The highest BCUT2D eigenvalue weighted by molar-refractivity contribution is 5.15. The molecule has 0 aliphatic carbocycles. The number of hydrogen-bond donors (Lipinski definition) is 1. The standard InChI is InChI=1S/C14H24N2O/c1-11(2)14(15)13-3-6-16(10-13)9-12-4-7-17-8-5-12/h3,6,10-12,14H,4-5,7-9,15H2,1-2H3. The number of aromatic nitrogens is 1. The predicted octanol–water partition coefficient (Wildman–Crippen LogP) is 2.57. The van der Waals surface area contributed by atoms with Crippen LogP contribution in [0, 0.1) is 11.8 Å². The maximum atomic E-state index is 6.15. The Morgan fingerprint density at radius 2 is 2.12 bits per heavy atom. The average molecular weight is 236 g/mol. The number of hydrogen-bond acceptors (Lipinski definition) is 2. The highest BCUT2D eigenvalue weighted by atomic mass is 16.5. The van der Waals surface area contributed by atoms with E-state index in [-0.39, 0.29) is 6.04 Å². The fourth-order valence-corrected chi connectivity index (χ4v) is 2.38. The van der Waals surface area contributed by atoms with E-state index in [0.717, 1.165) is 25.7 Å². The Kier molecular flexibility index (Phi) is 4.24. The van der Waals surface area contributed by atoms with Crippen LogP contribution >= 0.6 is 0 Å². The molecule has 0 spiro atoms. The van der Waals surface area contributed by atoms with E-state index in [0.29, 0.717) is 5.92 Å². The maximum Gasteiger partial charge on any atom is 0.0469 e. The highest BCUT2D eigenvalue weighted by Crippen LogP contribution is 2.21. The first-order chi connectivity index (χ1) is 8.16. The van der Waals surface area contributed by atoms with Gasteiger partial charge >= 0.3 is 0 Å². The lowest BCUT2D eigenvalue weighted by Gasteiger charge is -2.22. The zero-order chi connectivity index (χ0) is 12.3. The molecule has 1 aliphatic rings. The molecule has 17 heavy (non-hydrogen) atoms. The van der Waals surface area contributed by atoms with Crippen LogP contribution in [0.15, 0.2) is 18.5 Å². The van der Waals surface area contributed by atoms with Crippen LogP contribution in [0.3, 0.4) is 0 Å². The molecule has 1 saturated heterocycles. The summed E-state index contributed by atoms with van der Waals surface area (Å²) in [5.41, 5.74) is 7.41. The van der Waals surface area contributed by atoms with Gasteiger partial charge < -0.3 is 15.0 Å². The minimum absolute atomic E-state index is 0.158. The van der Waals surface area contributed by atoms with Crippen molar-refractivity contribution in [2.45, 2.75) is 39.3 Å². The van der Waals surface area contributed by atoms with Crippen LogP contribution in [0.1, 0.15) is 38.3 Å². The molecule has 3 nitrogen and oxygen atoms in total. The van der Waals surface area contributed by atoms with Gasteiger partial charge in [-0.15, -0.1) is 0 Å². The molecule has 0 bridgehead atoms. The summed E-state index contributed by atoms with van der Waals surface area (Å²) < 4.78 is 7.67. The van der Waals surface area contributed by atoms with E-state index in [9.17, 15) is 0 Å². The third-order valence-corrected chi connectivity index (χ3v) is 3.69. The zero-order valence-electron chi connectivity index (χ0n) is 10.9. The average Bonchev–Trinajstić information content (AvgIpc) is 2.77. The van der Waals surface area contributed by atoms with E-state index in [1.807, 2.05) is 0 Å². The van der Waals surface area contributed by atoms with Crippen molar-refractivity contribution in [1.29, 1.82) is 0 Å². The van der Waals surface area contributed by atoms with Crippen LogP contribution in [-0.2, 0) is 11.3 Å². The van der Waals surface area contributed by atoms with Crippen molar-refractivity contribution >= 4 is 0 Å². The zero-order valence-corrected chi connectivity index (χ0v) is 10.9. The summed E-state index contributed by atoms with van der Waals surface area (Å²) in [5.74, 6) is 1.26. The Morgan fingerprint density at radius 1 is 1.41 bits per heavy atom. The summed E-state index contributed by atoms with van der Waals surface area (Å²) in [4.78, 5) is 0. The lowest BCUT2D eigenvalue weighted by molar-refractivity contribution is 0.0613. The minimum atomic E-state index is 0.158. The first kappa shape index (κ1) is 12.7. The second kappa shape index (κ2) is 5.69. The maximum absolute atomic E-state index is 6.15. The first-order valence-corrected chi connectivity index (χ1v) is 6.66. The van der Waals surface area contributed by atoms with Gasteiger partial charge in [-0.05, 0) is 36.3 Å². The molecular formula is C14H24N2O. The molecule has 3 heteroatoms. The van der Waals surface area contributed by atoms with Crippen molar-refractivity contribution in [3.63, 3.8) is 0 Å². The summed E-state index contributed by atoms with van der Waals surface area (Å²) in [5, 5.41) is 0. The van der Waals surface area contributed by atoms with Crippen molar-refractivity contribution in [2.24, 2.45) is 17.6 Å². The number of nitrogens with zero attached hydrogens (tertiary/aromatic N) is 1. The molecule has 2 rings (SSSR count). The molecule has 0 saturated carbocycles. The van der Waals surface area contributed by atoms with Crippen LogP contribution < -0.4 is 5.73 Å². The SMILES string of the molecule is CC(C)C(N)c1ccn(CC2CCOCC2)c1. The molecule has 1 atom stereocenters. The molecule has 0 aromatic carbocycles. The van der Waals surface area contributed by atoms with Gasteiger partial charge in [-0.25, -0.2) is 0 Å². The van der Waals surface area contributed by atoms with Gasteiger partial charge in [-0.2, -0.15) is 0 Å². The lowest BCUT2D eigenvalue weighted by atomic mass is 9.99. The second-order valence-electron chi connectivity index (χ2n) is 5.47. The number of rotatable bonds is 4. The van der Waals surface area contributed by atoms with Gasteiger partial charge in [0.05, 0.1) is 0 Å². The summed E-state index contributed by atoms with van der Waals surface area (Å²) in [6, 6.07) is 2.32. The van der Waals surface area contributed by atoms with Crippen LogP contribution in [0.25, 0.3) is 0 Å². The van der Waals surface area contributed by atoms with Crippen molar-refractivity contribution in [3.05, 3.63) is 24.0 Å². The lowest BCUT2D eigenvalue weighted by Crippen LogP contribution is -2.20. The first-order valence-electron chi connectivity index (χ1n) is 6.66. The van der Waals surface area contributed by atoms with Gasteiger partial charge in [-0.3, -0.25) is 0 Å². The largest absolute Gasteiger partial charge is 0.381 e. The van der Waals surface area contributed by atoms with E-state index in [1.165, 1.54) is 18.4 Å². The Morgan fingerprint density at radius 3 is 2.76 bits per heavy atom. The van der Waals surface area contributed by atoms with E-state index >= 15 is 0 Å². The van der Waals surface area contributed by atoms with E-state index in [1.54, 1.807) is 0 Å². The summed E-state index contributed by atoms with van der Waals surface area (Å²) >= 11 is 0. The molecule has 0 amide bonds. The van der Waals surface area contributed by atoms with Gasteiger partial charge in [0.25, 0.3) is 0 Å². The van der Waals surface area contributed by atoms with Gasteiger partial charge in [0.1, 0.15) is 0 Å². The van der Waals surface area contributed by atoms with Crippen molar-refractivity contribution < 1.29 is 4.74 Å². The minimum Gasteiger partial charge on any atom is -0.381 e. The number of ether oxygens (including phenoxy) is 1. The topological polar surface area (TPSA) is 40.2 Å². The Hall–Kier alpha value is -0.800. The van der Waals surface area contributed by atoms with Crippen LogP contribution in [0.5, 0.6) is 0 Å². The van der Waals surface area contributed by atoms with Crippen LogP contribution in [0.4, 0.5) is 0 Å². The normalized spacial score (nSPS) is 19.8. The highest BCUT2D eigenvalue weighted by Gasteiger charge is 2.16. The smallest absolute Gasteiger partial charge is 0.0469 e. The summed E-state index contributed by atoms with van der Waals surface area (Å²) in [6.45, 7) is 7.28. The third kappa shape index (κ3) is 3.33. The van der Waals surface area contributed by atoms with Crippen molar-refractivity contribution in [1.82, 2.24) is 4.57 Å². The second-order valence-corrected chi connectivity index (χ2v) is 5.47. The fourth-order valence-electron chi connectivity index (χ4n) is 2.38. The molecule has 2 N–H and O–H groups in total. The summed E-state index contributed by atoms with van der Waals surface area (Å²) in [7, 11) is 0. The molecule has 0 radical (unpaired) electrons. The quantitative estimate of drug-likeness (QED) is 0.872. The molecule has 2 heterocycles. The molecule has 1 aliphatic heterocycles. The Labute approximate surface area is 104 Å². The Balaban J connectivity index is 1.93. The fraction of sp³-hybridized carbons (Fsp3) is 0.714. The van der Waals surface area contributed by atoms with Crippen LogP contribution in [0.2, 0.25) is 0 Å². The Bertz CT molecular complexity index is 340. The molecule has 96 valence electrons. The predicted molar refractivity (Wildman–Crippen MR) is 69.7 cm³/mol. The molecular weight excluding hydrogens is 212 g/mol. The summed E-state index contributed by atoms with van der Waals surface area (Å²) in [6.07, 6.45) is 6.74. The molecule has 1 fully saturated rings. The third-order valence-electron chi connectivity index (χ3n) is 3.69. The van der Waals surface area contributed by atoms with Crippen molar-refractivity contribution in [3.8, 4) is 0 Å². The van der Waals surface area contributed by atoms with Gasteiger partial charge in [0, 0.05) is 38.2 Å². The molecule has 1 unspecified atom stereocenters. The molecule has 1 aromatic heterocycles. The number of nitrogens with two attached hydrogens (primary N) is 1. The van der Waals surface area contributed by atoms with E-state index in [2.05, 4.69) is 36.9 Å². The van der Waals surface area contributed by atoms with Crippen LogP contribution in [-0.4, -0.2) is 17.8 Å². The van der Waals surface area contributed by atoms with E-state index < -0.39 is 0 Å². The van der Waals surface area contributed by atoms with Gasteiger partial charge in [0.2, 0.25) is 0 Å².